The van der Waals surface area contributed by atoms with Crippen LogP contribution in [0.2, 0.25) is 0 Å². The van der Waals surface area contributed by atoms with Gasteiger partial charge >= 0.3 is 11.9 Å². The average Bonchev–Trinajstić information content (AvgIpc) is 2.53. The van der Waals surface area contributed by atoms with Crippen LogP contribution in [-0.4, -0.2) is 72.8 Å². The molecule has 0 rings (SSSR count). The van der Waals surface area contributed by atoms with Crippen LogP contribution in [0.5, 0.6) is 0 Å². The van der Waals surface area contributed by atoms with E-state index in [1.807, 2.05) is 20.1 Å². The molecule has 0 aromatic rings. The molecule has 6 nitrogen and oxygen atoms in total. The number of carbonyl (C=O) groups excluding carboxylic acids is 2. The molecule has 0 saturated carbocycles. The van der Waals surface area contributed by atoms with Crippen LogP contribution in [0, 0.1) is 0 Å². The van der Waals surface area contributed by atoms with Gasteiger partial charge in [-0.3, -0.25) is 13.9 Å². The predicted molar refractivity (Wildman–Crippen MR) is 98.9 cm³/mol. The van der Waals surface area contributed by atoms with Gasteiger partial charge in [0.2, 0.25) is 0 Å². The molecule has 0 aliphatic heterocycles. The van der Waals surface area contributed by atoms with Gasteiger partial charge < -0.3 is 14.4 Å². The Hall–Kier alpha value is -0.790. The molecule has 0 aromatic carbocycles. The minimum Gasteiger partial charge on any atom is -0.466 e. The Morgan fingerprint density at radius 1 is 0.917 bits per heavy atom. The first-order valence-electron chi connectivity index (χ1n) is 8.78. The first-order chi connectivity index (χ1) is 11.4. The Morgan fingerprint density at radius 3 is 1.92 bits per heavy atom. The molecule has 0 aromatic heterocycles. The molecule has 0 aliphatic carbocycles. The summed E-state index contributed by atoms with van der Waals surface area (Å²) >= 11 is 1.65. The summed E-state index contributed by atoms with van der Waals surface area (Å²) in [6, 6.07) is 0.390. The topological polar surface area (TPSA) is 59.1 Å². The molecule has 0 atom stereocenters. The van der Waals surface area contributed by atoms with Crippen LogP contribution in [0.25, 0.3) is 0 Å². The summed E-state index contributed by atoms with van der Waals surface area (Å²) in [6.45, 7) is 12.0. The van der Waals surface area contributed by atoms with E-state index in [2.05, 4.69) is 23.1 Å². The Labute approximate surface area is 151 Å². The molecule has 7 heteroatoms. The third-order valence-corrected chi connectivity index (χ3v) is 4.50. The highest BCUT2D eigenvalue weighted by Gasteiger charge is 2.13. The van der Waals surface area contributed by atoms with Crippen LogP contribution in [-0.2, 0) is 19.1 Å². The quantitative estimate of drug-likeness (QED) is 0.348. The maximum absolute atomic E-state index is 11.5. The van der Waals surface area contributed by atoms with Crippen molar-refractivity contribution in [1.82, 2.24) is 9.21 Å². The summed E-state index contributed by atoms with van der Waals surface area (Å²) in [6.07, 6.45) is 3.86. The van der Waals surface area contributed by atoms with Gasteiger partial charge in [-0.15, -0.1) is 0 Å². The number of rotatable bonds is 14. The Balaban J connectivity index is 4.10. The molecule has 0 fully saturated rings. The monoisotopic (exact) mass is 362 g/mol. The van der Waals surface area contributed by atoms with E-state index in [0.717, 1.165) is 26.1 Å². The molecular formula is C17H34N2O4S. The second kappa shape index (κ2) is 14.5. The number of nitrogens with zero attached hydrogens (tertiary/aromatic N) is 2. The van der Waals surface area contributed by atoms with Crippen LogP contribution in [0.3, 0.4) is 0 Å². The van der Waals surface area contributed by atoms with Crippen molar-refractivity contribution in [3.8, 4) is 0 Å². The maximum atomic E-state index is 11.5. The second-order valence-electron chi connectivity index (χ2n) is 5.70. The number of hydrogen-bond acceptors (Lipinski definition) is 7. The minimum absolute atomic E-state index is 0.136. The molecule has 0 saturated heterocycles. The third-order valence-electron chi connectivity index (χ3n) is 3.62. The van der Waals surface area contributed by atoms with Crippen LogP contribution >= 0.6 is 11.9 Å². The van der Waals surface area contributed by atoms with E-state index < -0.39 is 0 Å². The van der Waals surface area contributed by atoms with Gasteiger partial charge in [-0.25, -0.2) is 0 Å². The Kier molecular flexibility index (Phi) is 14.1. The molecular weight excluding hydrogens is 328 g/mol. The normalized spacial score (nSPS) is 11.3. The van der Waals surface area contributed by atoms with Gasteiger partial charge in [-0.05, 0) is 46.9 Å². The SMILES string of the molecule is CCOC(=O)CCN(CCCN(CCC(=O)OCC)C(C)C)SC. The zero-order valence-corrected chi connectivity index (χ0v) is 16.7. The van der Waals surface area contributed by atoms with E-state index in [1.165, 1.54) is 0 Å². The van der Waals surface area contributed by atoms with Crippen molar-refractivity contribution in [2.24, 2.45) is 0 Å². The van der Waals surface area contributed by atoms with Crippen molar-refractivity contribution in [3.63, 3.8) is 0 Å². The van der Waals surface area contributed by atoms with Gasteiger partial charge in [-0.2, -0.15) is 0 Å². The van der Waals surface area contributed by atoms with Gasteiger partial charge in [0.25, 0.3) is 0 Å². The third kappa shape index (κ3) is 11.7. The summed E-state index contributed by atoms with van der Waals surface area (Å²) in [5.41, 5.74) is 0. The second-order valence-corrected chi connectivity index (χ2v) is 6.59. The number of hydrogen-bond donors (Lipinski definition) is 0. The van der Waals surface area contributed by atoms with E-state index in [4.69, 9.17) is 9.47 Å². The average molecular weight is 363 g/mol. The zero-order chi connectivity index (χ0) is 18.4. The lowest BCUT2D eigenvalue weighted by molar-refractivity contribution is -0.144. The smallest absolute Gasteiger partial charge is 0.307 e. The fourth-order valence-electron chi connectivity index (χ4n) is 2.29. The molecule has 0 unspecified atom stereocenters. The van der Waals surface area contributed by atoms with E-state index in [9.17, 15) is 9.59 Å². The van der Waals surface area contributed by atoms with E-state index >= 15 is 0 Å². The van der Waals surface area contributed by atoms with Crippen LogP contribution in [0.1, 0.15) is 47.0 Å². The lowest BCUT2D eigenvalue weighted by Gasteiger charge is -2.27. The van der Waals surface area contributed by atoms with E-state index in [-0.39, 0.29) is 11.9 Å². The molecule has 0 spiro atoms. The van der Waals surface area contributed by atoms with Crippen molar-refractivity contribution < 1.29 is 19.1 Å². The largest absolute Gasteiger partial charge is 0.466 e. The Bertz CT molecular complexity index is 353. The van der Waals surface area contributed by atoms with E-state index in [1.54, 1.807) is 11.9 Å². The molecule has 0 N–H and O–H groups in total. The lowest BCUT2D eigenvalue weighted by Crippen LogP contribution is -2.35. The predicted octanol–water partition coefficient (Wildman–Crippen LogP) is 2.57. The van der Waals surface area contributed by atoms with Crippen molar-refractivity contribution in [2.45, 2.75) is 53.0 Å². The first kappa shape index (κ1) is 23.2. The highest BCUT2D eigenvalue weighted by molar-refractivity contribution is 7.96. The number of ether oxygens (including phenoxy) is 2. The van der Waals surface area contributed by atoms with E-state index in [0.29, 0.717) is 38.6 Å². The van der Waals surface area contributed by atoms with Gasteiger partial charge in [-0.1, -0.05) is 11.9 Å². The maximum Gasteiger partial charge on any atom is 0.307 e. The van der Waals surface area contributed by atoms with Crippen molar-refractivity contribution in [2.75, 3.05) is 45.6 Å². The van der Waals surface area contributed by atoms with Crippen LogP contribution < -0.4 is 0 Å². The summed E-state index contributed by atoms with van der Waals surface area (Å²) in [4.78, 5) is 25.2. The number of esters is 2. The zero-order valence-electron chi connectivity index (χ0n) is 15.9. The van der Waals surface area contributed by atoms with Gasteiger partial charge in [0.05, 0.1) is 26.1 Å². The fraction of sp³-hybridized carbons (Fsp3) is 0.882. The summed E-state index contributed by atoms with van der Waals surface area (Å²) in [7, 11) is 0. The molecule has 0 bridgehead atoms. The van der Waals surface area contributed by atoms with Crippen molar-refractivity contribution in [1.29, 1.82) is 0 Å². The lowest BCUT2D eigenvalue weighted by atomic mass is 10.2. The molecule has 0 amide bonds. The summed E-state index contributed by atoms with van der Waals surface area (Å²) in [5, 5.41) is 0. The molecule has 0 aliphatic rings. The summed E-state index contributed by atoms with van der Waals surface area (Å²) < 4.78 is 12.1. The molecule has 24 heavy (non-hydrogen) atoms. The van der Waals surface area contributed by atoms with Crippen molar-refractivity contribution in [3.05, 3.63) is 0 Å². The van der Waals surface area contributed by atoms with Crippen molar-refractivity contribution >= 4 is 23.9 Å². The Morgan fingerprint density at radius 2 is 1.46 bits per heavy atom. The van der Waals surface area contributed by atoms with Gasteiger partial charge in [0.1, 0.15) is 0 Å². The van der Waals surface area contributed by atoms with Crippen LogP contribution in [0.15, 0.2) is 0 Å². The minimum atomic E-state index is -0.144. The van der Waals surface area contributed by atoms with Gasteiger partial charge in [0.15, 0.2) is 0 Å². The fourth-order valence-corrected chi connectivity index (χ4v) is 2.88. The molecule has 142 valence electrons. The molecule has 0 radical (unpaired) electrons. The number of carbonyl (C=O) groups is 2. The highest BCUT2D eigenvalue weighted by Crippen LogP contribution is 2.09. The molecule has 0 heterocycles. The van der Waals surface area contributed by atoms with Crippen LogP contribution in [0.4, 0.5) is 0 Å². The standard InChI is InChI=1S/C17H34N2O4S/c1-6-22-16(20)9-13-18(15(3)4)11-8-12-19(24-5)14-10-17(21)23-7-2/h15H,6-14H2,1-5H3. The highest BCUT2D eigenvalue weighted by atomic mass is 32.2. The van der Waals surface area contributed by atoms with Gasteiger partial charge in [0, 0.05) is 25.7 Å². The summed E-state index contributed by atoms with van der Waals surface area (Å²) in [5.74, 6) is -0.280. The first-order valence-corrected chi connectivity index (χ1v) is 9.97.